The number of hydrogen-bond acceptors (Lipinski definition) is 9. The molecule has 10 nitrogen and oxygen atoms in total. The van der Waals surface area contributed by atoms with Gasteiger partial charge in [-0.15, -0.1) is 0 Å². The molecule has 0 radical (unpaired) electrons. The van der Waals surface area contributed by atoms with Gasteiger partial charge in [0.1, 0.15) is 6.10 Å². The summed E-state index contributed by atoms with van der Waals surface area (Å²) < 4.78 is 17.5. The molecule has 2 aliphatic heterocycles. The second kappa shape index (κ2) is 12.2. The Morgan fingerprint density at radius 3 is 2.41 bits per heavy atom. The molecule has 0 aromatic heterocycles. The number of aliphatic carboxylic acids is 1. The largest absolute Gasteiger partial charge is 0.481 e. The van der Waals surface area contributed by atoms with Crippen LogP contribution in [0.15, 0.2) is 12.2 Å². The number of carboxylic acid groups (broad SMARTS) is 1. The van der Waals surface area contributed by atoms with Crippen LogP contribution >= 0.6 is 0 Å². The molecular formula is C24H43NO9. The van der Waals surface area contributed by atoms with E-state index in [1.165, 1.54) is 0 Å². The highest BCUT2D eigenvalue weighted by atomic mass is 16.7. The van der Waals surface area contributed by atoms with Crippen LogP contribution in [0.2, 0.25) is 0 Å². The van der Waals surface area contributed by atoms with Gasteiger partial charge in [0.25, 0.3) is 0 Å². The van der Waals surface area contributed by atoms with Gasteiger partial charge >= 0.3 is 5.97 Å². The van der Waals surface area contributed by atoms with Crippen LogP contribution in [0.5, 0.6) is 0 Å². The lowest BCUT2D eigenvalue weighted by Gasteiger charge is -2.43. The monoisotopic (exact) mass is 489 g/mol. The van der Waals surface area contributed by atoms with Gasteiger partial charge in [0.2, 0.25) is 0 Å². The Labute approximate surface area is 201 Å². The van der Waals surface area contributed by atoms with Crippen LogP contribution in [-0.2, 0) is 19.0 Å². The third-order valence-electron chi connectivity index (χ3n) is 6.66. The highest BCUT2D eigenvalue weighted by Gasteiger charge is 2.46. The molecule has 0 bridgehead atoms. The summed E-state index contributed by atoms with van der Waals surface area (Å²) in [5.41, 5.74) is 5.92. The molecule has 10 heteroatoms. The van der Waals surface area contributed by atoms with Gasteiger partial charge in [-0.25, -0.2) is 0 Å². The lowest BCUT2D eigenvalue weighted by Crippen LogP contribution is -2.61. The fraction of sp³-hybridized carbons (Fsp3) is 0.875. The lowest BCUT2D eigenvalue weighted by atomic mass is 9.84. The fourth-order valence-electron chi connectivity index (χ4n) is 4.31. The van der Waals surface area contributed by atoms with Crippen molar-refractivity contribution in [3.05, 3.63) is 12.2 Å². The van der Waals surface area contributed by atoms with Crippen LogP contribution in [0, 0.1) is 17.8 Å². The Morgan fingerprint density at radius 1 is 1.21 bits per heavy atom. The van der Waals surface area contributed by atoms with Crippen LogP contribution in [-0.4, -0.2) is 86.2 Å². The molecule has 2 saturated heterocycles. The number of aliphatic hydroxyl groups excluding tert-OH is 3. The molecule has 5 unspecified atom stereocenters. The van der Waals surface area contributed by atoms with E-state index < -0.39 is 66.6 Å². The summed E-state index contributed by atoms with van der Waals surface area (Å²) in [6.45, 7) is 9.21. The molecule has 0 amide bonds. The molecule has 0 aromatic rings. The Hall–Kier alpha value is -1.11. The minimum absolute atomic E-state index is 0.0322. The van der Waals surface area contributed by atoms with E-state index in [1.807, 2.05) is 33.8 Å². The second-order valence-corrected chi connectivity index (χ2v) is 10.4. The second-order valence-electron chi connectivity index (χ2n) is 10.4. The number of rotatable bonds is 10. The highest BCUT2D eigenvalue weighted by Crippen LogP contribution is 2.37. The quantitative estimate of drug-likeness (QED) is 0.240. The minimum Gasteiger partial charge on any atom is -0.481 e. The van der Waals surface area contributed by atoms with Crippen molar-refractivity contribution in [2.24, 2.45) is 23.5 Å². The Morgan fingerprint density at radius 2 is 1.85 bits per heavy atom. The molecule has 2 aliphatic rings. The molecule has 0 aliphatic carbocycles. The molecular weight excluding hydrogens is 446 g/mol. The van der Waals surface area contributed by atoms with Gasteiger partial charge in [-0.2, -0.15) is 0 Å². The molecule has 10 atom stereocenters. The summed E-state index contributed by atoms with van der Waals surface area (Å²) in [5, 5.41) is 51.6. The number of carboxylic acids is 1. The standard InChI is InChI=1S/C24H43NO9/c1-12(2)6-7-15(33-23-21(28)19(25)20(27)14(5)32-23)10-18-16(22(29)30)8-9-24(31,34-18)11-17(26)13(3)4/h6-7,12-21,23,26-28,31H,8-11,25H2,1-5H3,(H,29,30)/b7-6+/t14?,15-,16+,17+,18-,19?,20?,21?,23?,24-/m0/s1. The molecule has 0 saturated carbocycles. The van der Waals surface area contributed by atoms with Crippen molar-refractivity contribution in [1.82, 2.24) is 0 Å². The Kier molecular flexibility index (Phi) is 10.5. The fourth-order valence-corrected chi connectivity index (χ4v) is 4.31. The van der Waals surface area contributed by atoms with Crippen LogP contribution in [0.3, 0.4) is 0 Å². The predicted molar refractivity (Wildman–Crippen MR) is 123 cm³/mol. The molecule has 2 fully saturated rings. The maximum absolute atomic E-state index is 11.9. The van der Waals surface area contributed by atoms with Crippen LogP contribution in [0.25, 0.3) is 0 Å². The molecule has 0 aromatic carbocycles. The topological polar surface area (TPSA) is 172 Å². The summed E-state index contributed by atoms with van der Waals surface area (Å²) in [7, 11) is 0. The first-order chi connectivity index (χ1) is 15.7. The van der Waals surface area contributed by atoms with E-state index in [4.69, 9.17) is 19.9 Å². The number of allylic oxidation sites excluding steroid dienone is 1. The van der Waals surface area contributed by atoms with E-state index in [0.29, 0.717) is 0 Å². The highest BCUT2D eigenvalue weighted by molar-refractivity contribution is 5.70. The average molecular weight is 490 g/mol. The van der Waals surface area contributed by atoms with E-state index in [0.717, 1.165) is 0 Å². The van der Waals surface area contributed by atoms with Crippen LogP contribution in [0.1, 0.15) is 60.3 Å². The van der Waals surface area contributed by atoms with E-state index in [2.05, 4.69) is 0 Å². The molecule has 0 spiro atoms. The van der Waals surface area contributed by atoms with Gasteiger partial charge in [0.15, 0.2) is 12.1 Å². The summed E-state index contributed by atoms with van der Waals surface area (Å²) in [6, 6.07) is -0.969. The number of nitrogens with two attached hydrogens (primary N) is 1. The van der Waals surface area contributed by atoms with Crippen LogP contribution < -0.4 is 5.73 Å². The maximum atomic E-state index is 11.9. The zero-order chi connectivity index (χ0) is 25.8. The van der Waals surface area contributed by atoms with Gasteiger partial charge in [0, 0.05) is 19.3 Å². The van der Waals surface area contributed by atoms with Crippen molar-refractivity contribution in [3.8, 4) is 0 Å². The number of aliphatic hydroxyl groups is 4. The van der Waals surface area contributed by atoms with Gasteiger partial charge in [-0.05, 0) is 25.2 Å². The molecule has 7 N–H and O–H groups in total. The van der Waals surface area contributed by atoms with Crippen molar-refractivity contribution in [2.75, 3.05) is 0 Å². The smallest absolute Gasteiger partial charge is 0.309 e. The predicted octanol–water partition coefficient (Wildman–Crippen LogP) is 0.743. The van der Waals surface area contributed by atoms with Gasteiger partial charge < -0.3 is 45.5 Å². The van der Waals surface area contributed by atoms with Crippen LogP contribution in [0.4, 0.5) is 0 Å². The normalized spacial score (nSPS) is 39.0. The third kappa shape index (κ3) is 7.69. The van der Waals surface area contributed by atoms with Gasteiger partial charge in [-0.1, -0.05) is 39.8 Å². The first-order valence-electron chi connectivity index (χ1n) is 12.2. The maximum Gasteiger partial charge on any atom is 0.309 e. The zero-order valence-electron chi connectivity index (χ0n) is 20.8. The van der Waals surface area contributed by atoms with Crippen molar-refractivity contribution in [2.45, 2.75) is 115 Å². The summed E-state index contributed by atoms with van der Waals surface area (Å²) in [4.78, 5) is 11.9. The van der Waals surface area contributed by atoms with E-state index in [-0.39, 0.29) is 37.5 Å². The third-order valence-corrected chi connectivity index (χ3v) is 6.66. The molecule has 198 valence electrons. The first kappa shape index (κ1) is 29.1. The number of hydrogen-bond donors (Lipinski definition) is 6. The van der Waals surface area contributed by atoms with E-state index in [9.17, 15) is 30.3 Å². The molecule has 34 heavy (non-hydrogen) atoms. The Balaban J connectivity index is 2.23. The van der Waals surface area contributed by atoms with Gasteiger partial charge in [0.05, 0.1) is 42.5 Å². The zero-order valence-corrected chi connectivity index (χ0v) is 20.8. The van der Waals surface area contributed by atoms with E-state index >= 15 is 0 Å². The number of ether oxygens (including phenoxy) is 3. The van der Waals surface area contributed by atoms with Crippen molar-refractivity contribution in [1.29, 1.82) is 0 Å². The average Bonchev–Trinajstić information content (AvgIpc) is 2.73. The minimum atomic E-state index is -1.66. The van der Waals surface area contributed by atoms with Crippen molar-refractivity contribution in [3.63, 3.8) is 0 Å². The summed E-state index contributed by atoms with van der Waals surface area (Å²) >= 11 is 0. The summed E-state index contributed by atoms with van der Waals surface area (Å²) in [6.07, 6.45) is -2.65. The lowest BCUT2D eigenvalue weighted by molar-refractivity contribution is -0.296. The molecule has 2 heterocycles. The van der Waals surface area contributed by atoms with E-state index in [1.54, 1.807) is 13.0 Å². The van der Waals surface area contributed by atoms with Gasteiger partial charge in [-0.3, -0.25) is 4.79 Å². The van der Waals surface area contributed by atoms with Crippen molar-refractivity contribution >= 4 is 5.97 Å². The molecule has 2 rings (SSSR count). The SMILES string of the molecule is CC(C)/C=C/[C@@H](C[C@@H]1O[C@](O)(C[C@@H](O)C(C)C)CC[C@H]1C(=O)O)OC1OC(C)C(O)C(N)C1O. The first-order valence-corrected chi connectivity index (χ1v) is 12.2. The number of carbonyl (C=O) groups is 1. The van der Waals surface area contributed by atoms with Crippen molar-refractivity contribution < 1.29 is 44.5 Å². The Bertz CT molecular complexity index is 687. The summed E-state index contributed by atoms with van der Waals surface area (Å²) in [5.74, 6) is -3.51.